The molecule has 0 spiro atoms. The molecule has 0 atom stereocenters. The molecule has 0 aromatic heterocycles. The topological polar surface area (TPSA) is 98.3 Å². The number of hydrazone groups is 1. The molecule has 0 heterocycles. The van der Waals surface area contributed by atoms with Gasteiger partial charge < -0.3 is 19.5 Å². The van der Waals surface area contributed by atoms with Crippen LogP contribution in [-0.2, 0) is 4.79 Å². The number of hydrogen-bond acceptors (Lipinski definition) is 6. The maximum atomic E-state index is 12.3. The highest BCUT2D eigenvalue weighted by molar-refractivity contribution is 9.10. The molecule has 0 aliphatic heterocycles. The van der Waals surface area contributed by atoms with E-state index in [0.717, 1.165) is 4.47 Å². The number of rotatable bonds is 9. The predicted octanol–water partition coefficient (Wildman–Crippen LogP) is 4.25. The molecule has 0 saturated carbocycles. The van der Waals surface area contributed by atoms with Gasteiger partial charge in [-0.3, -0.25) is 9.59 Å². The van der Waals surface area contributed by atoms with Crippen molar-refractivity contribution in [2.75, 3.05) is 26.1 Å². The average Bonchev–Trinajstić information content (AvgIpc) is 2.83. The second-order valence-electron chi connectivity index (χ2n) is 6.65. The summed E-state index contributed by atoms with van der Waals surface area (Å²) in [6, 6.07) is 19.1. The molecule has 2 N–H and O–H groups in total. The van der Waals surface area contributed by atoms with E-state index < -0.39 is 0 Å². The van der Waals surface area contributed by atoms with E-state index in [2.05, 4.69) is 31.8 Å². The molecule has 0 radical (unpaired) electrons. The van der Waals surface area contributed by atoms with Gasteiger partial charge in [-0.1, -0.05) is 28.1 Å². The van der Waals surface area contributed by atoms with Crippen LogP contribution in [-0.4, -0.2) is 38.9 Å². The number of ether oxygens (including phenoxy) is 3. The first-order valence-corrected chi connectivity index (χ1v) is 10.6. The summed E-state index contributed by atoms with van der Waals surface area (Å²) in [6.07, 6.45) is 1.48. The summed E-state index contributed by atoms with van der Waals surface area (Å²) in [6.45, 7) is -0.217. The summed E-state index contributed by atoms with van der Waals surface area (Å²) in [5.74, 6) is 0.695. The van der Waals surface area contributed by atoms with Gasteiger partial charge >= 0.3 is 0 Å². The monoisotopic (exact) mass is 511 g/mol. The maximum Gasteiger partial charge on any atom is 0.271 e. The minimum absolute atomic E-state index is 0.217. The number of para-hydroxylation sites is 2. The summed E-state index contributed by atoms with van der Waals surface area (Å²) < 4.78 is 17.1. The first kappa shape index (κ1) is 23.8. The Kier molecular flexibility index (Phi) is 8.43. The Bertz CT molecular complexity index is 1150. The Morgan fingerprint density at radius 2 is 1.67 bits per heavy atom. The second-order valence-corrected chi connectivity index (χ2v) is 7.57. The number of benzene rings is 3. The van der Waals surface area contributed by atoms with Crippen LogP contribution in [0, 0.1) is 0 Å². The predicted molar refractivity (Wildman–Crippen MR) is 129 cm³/mol. The zero-order valence-electron chi connectivity index (χ0n) is 18.0. The molecule has 9 heteroatoms. The lowest BCUT2D eigenvalue weighted by molar-refractivity contribution is -0.118. The SMILES string of the molecule is COc1ccccc1NC(=O)COc1ccc(/C=N/NC(=O)c2ccc(Br)cc2)cc1OC. The number of anilines is 1. The van der Waals surface area contributed by atoms with Crippen molar-refractivity contribution in [3.8, 4) is 17.2 Å². The average molecular weight is 512 g/mol. The van der Waals surface area contributed by atoms with Crippen molar-refractivity contribution < 1.29 is 23.8 Å². The van der Waals surface area contributed by atoms with Crippen LogP contribution in [0.2, 0.25) is 0 Å². The first-order chi connectivity index (χ1) is 16.0. The largest absolute Gasteiger partial charge is 0.495 e. The molecule has 0 fully saturated rings. The molecule has 2 amide bonds. The molecule has 8 nitrogen and oxygen atoms in total. The van der Waals surface area contributed by atoms with Gasteiger partial charge in [0, 0.05) is 10.0 Å². The molecule has 0 aliphatic rings. The van der Waals surface area contributed by atoms with Crippen LogP contribution in [0.3, 0.4) is 0 Å². The van der Waals surface area contributed by atoms with Crippen molar-refractivity contribution in [1.82, 2.24) is 5.43 Å². The van der Waals surface area contributed by atoms with Crippen LogP contribution in [0.4, 0.5) is 5.69 Å². The second kappa shape index (κ2) is 11.7. The summed E-state index contributed by atoms with van der Waals surface area (Å²) in [7, 11) is 3.02. The van der Waals surface area contributed by atoms with Crippen molar-refractivity contribution in [3.05, 3.63) is 82.3 Å². The molecule has 33 heavy (non-hydrogen) atoms. The number of hydrogen-bond donors (Lipinski definition) is 2. The van der Waals surface area contributed by atoms with Crippen LogP contribution in [0.1, 0.15) is 15.9 Å². The summed E-state index contributed by atoms with van der Waals surface area (Å²) in [5.41, 5.74) is 4.19. The van der Waals surface area contributed by atoms with Crippen LogP contribution >= 0.6 is 15.9 Å². The Balaban J connectivity index is 1.57. The lowest BCUT2D eigenvalue weighted by atomic mass is 10.2. The van der Waals surface area contributed by atoms with Gasteiger partial charge in [-0.05, 0) is 60.2 Å². The summed E-state index contributed by atoms with van der Waals surface area (Å²) in [5, 5.41) is 6.72. The number of amides is 2. The zero-order valence-corrected chi connectivity index (χ0v) is 19.6. The van der Waals surface area contributed by atoms with Crippen molar-refractivity contribution in [2.24, 2.45) is 5.10 Å². The quantitative estimate of drug-likeness (QED) is 0.330. The number of carbonyl (C=O) groups excluding carboxylic acids is 2. The minimum atomic E-state index is -0.345. The van der Waals surface area contributed by atoms with E-state index >= 15 is 0 Å². The molecular formula is C24H22BrN3O5. The molecule has 3 aromatic carbocycles. The van der Waals surface area contributed by atoms with Gasteiger partial charge in [0.2, 0.25) is 0 Å². The van der Waals surface area contributed by atoms with Crippen molar-refractivity contribution in [2.45, 2.75) is 0 Å². The molecule has 0 saturated heterocycles. The Morgan fingerprint density at radius 3 is 2.39 bits per heavy atom. The van der Waals surface area contributed by atoms with Gasteiger partial charge in [0.15, 0.2) is 18.1 Å². The molecule has 0 unspecified atom stereocenters. The third kappa shape index (κ3) is 6.81. The third-order valence-corrected chi connectivity index (χ3v) is 4.94. The standard InChI is InChI=1S/C24H22BrN3O5/c1-31-20-6-4-3-5-19(20)27-23(29)15-33-21-12-7-16(13-22(21)32-2)14-26-28-24(30)17-8-10-18(25)11-9-17/h3-14H,15H2,1-2H3,(H,27,29)(H,28,30)/b26-14+. The Hall–Kier alpha value is -3.85. The normalized spacial score (nSPS) is 10.5. The highest BCUT2D eigenvalue weighted by Gasteiger charge is 2.11. The maximum absolute atomic E-state index is 12.3. The smallest absolute Gasteiger partial charge is 0.271 e. The van der Waals surface area contributed by atoms with E-state index in [9.17, 15) is 9.59 Å². The van der Waals surface area contributed by atoms with Gasteiger partial charge in [-0.25, -0.2) is 5.43 Å². The fraction of sp³-hybridized carbons (Fsp3) is 0.125. The van der Waals surface area contributed by atoms with Gasteiger partial charge in [-0.15, -0.1) is 0 Å². The fourth-order valence-electron chi connectivity index (χ4n) is 2.79. The van der Waals surface area contributed by atoms with Gasteiger partial charge in [-0.2, -0.15) is 5.10 Å². The number of methoxy groups -OCH3 is 2. The van der Waals surface area contributed by atoms with E-state index in [1.54, 1.807) is 60.7 Å². The number of halogens is 1. The minimum Gasteiger partial charge on any atom is -0.495 e. The van der Waals surface area contributed by atoms with E-state index in [1.807, 2.05) is 6.07 Å². The molecule has 0 aliphatic carbocycles. The van der Waals surface area contributed by atoms with Crippen LogP contribution < -0.4 is 25.0 Å². The van der Waals surface area contributed by atoms with Crippen molar-refractivity contribution in [3.63, 3.8) is 0 Å². The zero-order chi connectivity index (χ0) is 23.6. The van der Waals surface area contributed by atoms with Gasteiger partial charge in [0.1, 0.15) is 5.75 Å². The van der Waals surface area contributed by atoms with E-state index in [1.165, 1.54) is 20.4 Å². The molecule has 170 valence electrons. The number of nitrogens with one attached hydrogen (secondary N) is 2. The molecule has 0 bridgehead atoms. The van der Waals surface area contributed by atoms with Gasteiger partial charge in [0.05, 0.1) is 26.1 Å². The fourth-order valence-corrected chi connectivity index (χ4v) is 3.06. The Morgan fingerprint density at radius 1 is 0.939 bits per heavy atom. The third-order valence-electron chi connectivity index (χ3n) is 4.41. The lowest BCUT2D eigenvalue weighted by Gasteiger charge is -2.12. The van der Waals surface area contributed by atoms with Crippen LogP contribution in [0.5, 0.6) is 17.2 Å². The Labute approximate surface area is 199 Å². The van der Waals surface area contributed by atoms with E-state index in [-0.39, 0.29) is 18.4 Å². The highest BCUT2D eigenvalue weighted by atomic mass is 79.9. The van der Waals surface area contributed by atoms with Crippen LogP contribution in [0.15, 0.2) is 76.3 Å². The summed E-state index contributed by atoms with van der Waals surface area (Å²) >= 11 is 3.33. The van der Waals surface area contributed by atoms with E-state index in [0.29, 0.717) is 34.1 Å². The molecule has 3 aromatic rings. The van der Waals surface area contributed by atoms with E-state index in [4.69, 9.17) is 14.2 Å². The van der Waals surface area contributed by atoms with Crippen molar-refractivity contribution >= 4 is 39.6 Å². The molecular weight excluding hydrogens is 490 g/mol. The number of nitrogens with zero attached hydrogens (tertiary/aromatic N) is 1. The number of carbonyl (C=O) groups is 2. The summed E-state index contributed by atoms with van der Waals surface area (Å²) in [4.78, 5) is 24.4. The van der Waals surface area contributed by atoms with Gasteiger partial charge in [0.25, 0.3) is 11.8 Å². The molecule has 3 rings (SSSR count). The highest BCUT2D eigenvalue weighted by Crippen LogP contribution is 2.28. The van der Waals surface area contributed by atoms with Crippen molar-refractivity contribution in [1.29, 1.82) is 0 Å². The first-order valence-electron chi connectivity index (χ1n) is 9.83. The lowest BCUT2D eigenvalue weighted by Crippen LogP contribution is -2.20. The van der Waals surface area contributed by atoms with Crippen LogP contribution in [0.25, 0.3) is 0 Å².